The summed E-state index contributed by atoms with van der Waals surface area (Å²) in [4.78, 5) is 20.6. The molecule has 0 aliphatic heterocycles. The van der Waals surface area contributed by atoms with Gasteiger partial charge in [0, 0.05) is 18.6 Å². The van der Waals surface area contributed by atoms with Crippen molar-refractivity contribution in [3.8, 4) is 5.75 Å². The third-order valence-electron chi connectivity index (χ3n) is 2.66. The van der Waals surface area contributed by atoms with E-state index < -0.39 is 0 Å². The summed E-state index contributed by atoms with van der Waals surface area (Å²) in [6, 6.07) is 7.05. The van der Waals surface area contributed by atoms with Gasteiger partial charge in [0.25, 0.3) is 5.91 Å². The molecule has 1 aromatic heterocycles. The number of fused-ring (bicyclic) bond motifs is 1. The zero-order valence-electron chi connectivity index (χ0n) is 10.6. The Morgan fingerprint density at radius 2 is 2.21 bits per heavy atom. The van der Waals surface area contributed by atoms with Crippen LogP contribution in [0.2, 0.25) is 5.02 Å². The lowest BCUT2D eigenvalue weighted by molar-refractivity contribution is -0.170. The Bertz CT molecular complexity index is 603. The van der Waals surface area contributed by atoms with Gasteiger partial charge in [0.1, 0.15) is 11.3 Å². The van der Waals surface area contributed by atoms with Crippen LogP contribution in [0, 0.1) is 0 Å². The summed E-state index contributed by atoms with van der Waals surface area (Å²) in [5.74, 6) is 0.222. The van der Waals surface area contributed by atoms with E-state index in [0.29, 0.717) is 16.3 Å². The number of amides is 1. The number of carbonyl (C=O) groups is 1. The Kier molecular flexibility index (Phi) is 4.19. The van der Waals surface area contributed by atoms with Crippen LogP contribution in [0.3, 0.4) is 0 Å². The minimum Gasteiger partial charge on any atom is -0.481 e. The van der Waals surface area contributed by atoms with E-state index in [1.165, 1.54) is 14.2 Å². The average molecular weight is 281 g/mol. The summed E-state index contributed by atoms with van der Waals surface area (Å²) in [5, 5.41) is 2.48. The van der Waals surface area contributed by atoms with Crippen molar-refractivity contribution in [1.82, 2.24) is 10.0 Å². The van der Waals surface area contributed by atoms with Crippen molar-refractivity contribution in [2.75, 3.05) is 20.8 Å². The van der Waals surface area contributed by atoms with Crippen LogP contribution in [-0.2, 0) is 9.63 Å². The molecular formula is C13H13ClN2O3. The van der Waals surface area contributed by atoms with Crippen molar-refractivity contribution in [2.24, 2.45) is 0 Å². The summed E-state index contributed by atoms with van der Waals surface area (Å²) in [5.41, 5.74) is 0.628. The van der Waals surface area contributed by atoms with Gasteiger partial charge >= 0.3 is 0 Å². The lowest BCUT2D eigenvalue weighted by atomic mass is 10.2. The van der Waals surface area contributed by atoms with Crippen molar-refractivity contribution >= 4 is 28.4 Å². The number of hydroxylamine groups is 2. The molecule has 0 aliphatic rings. The summed E-state index contributed by atoms with van der Waals surface area (Å²) >= 11 is 6.07. The number of benzene rings is 1. The van der Waals surface area contributed by atoms with E-state index in [2.05, 4.69) is 4.98 Å². The Balaban J connectivity index is 2.22. The van der Waals surface area contributed by atoms with Gasteiger partial charge in [-0.25, -0.2) is 5.06 Å². The summed E-state index contributed by atoms with van der Waals surface area (Å²) in [6.07, 6.45) is 1.65. The maximum Gasteiger partial charge on any atom is 0.283 e. The Labute approximate surface area is 115 Å². The first kappa shape index (κ1) is 13.6. The van der Waals surface area contributed by atoms with Crippen LogP contribution in [0.4, 0.5) is 0 Å². The molecule has 0 saturated carbocycles. The molecule has 0 radical (unpaired) electrons. The van der Waals surface area contributed by atoms with E-state index in [0.717, 1.165) is 10.4 Å². The molecule has 0 aliphatic carbocycles. The van der Waals surface area contributed by atoms with Gasteiger partial charge in [-0.15, -0.1) is 0 Å². The van der Waals surface area contributed by atoms with Gasteiger partial charge in [-0.2, -0.15) is 0 Å². The summed E-state index contributed by atoms with van der Waals surface area (Å²) in [6.45, 7) is -0.127. The SMILES string of the molecule is CON(C)C(=O)COc1ccc(Cl)c2cccnc12. The van der Waals surface area contributed by atoms with Gasteiger partial charge in [0.2, 0.25) is 0 Å². The minimum atomic E-state index is -0.290. The molecule has 100 valence electrons. The van der Waals surface area contributed by atoms with E-state index in [-0.39, 0.29) is 12.5 Å². The highest BCUT2D eigenvalue weighted by molar-refractivity contribution is 6.35. The van der Waals surface area contributed by atoms with E-state index in [4.69, 9.17) is 21.2 Å². The molecule has 0 fully saturated rings. The first-order valence-corrected chi connectivity index (χ1v) is 5.98. The quantitative estimate of drug-likeness (QED) is 0.807. The molecule has 1 amide bonds. The predicted molar refractivity (Wildman–Crippen MR) is 72.0 cm³/mol. The number of hydrogen-bond acceptors (Lipinski definition) is 4. The zero-order chi connectivity index (χ0) is 13.8. The lowest BCUT2D eigenvalue weighted by Crippen LogP contribution is -2.30. The van der Waals surface area contributed by atoms with Crippen molar-refractivity contribution in [3.63, 3.8) is 0 Å². The number of hydrogen-bond donors (Lipinski definition) is 0. The third-order valence-corrected chi connectivity index (χ3v) is 2.99. The largest absolute Gasteiger partial charge is 0.481 e. The fraction of sp³-hybridized carbons (Fsp3) is 0.231. The highest BCUT2D eigenvalue weighted by Gasteiger charge is 2.11. The number of halogens is 1. The van der Waals surface area contributed by atoms with Gasteiger partial charge in [0.15, 0.2) is 6.61 Å². The first-order chi connectivity index (χ1) is 9.13. The van der Waals surface area contributed by atoms with Crippen LogP contribution in [0.25, 0.3) is 10.9 Å². The molecule has 5 nitrogen and oxygen atoms in total. The minimum absolute atomic E-state index is 0.127. The molecule has 1 heterocycles. The molecule has 2 aromatic rings. The van der Waals surface area contributed by atoms with Gasteiger partial charge in [-0.3, -0.25) is 14.6 Å². The lowest BCUT2D eigenvalue weighted by Gasteiger charge is -2.14. The Morgan fingerprint density at radius 1 is 1.42 bits per heavy atom. The molecule has 0 bridgehead atoms. The maximum absolute atomic E-state index is 11.6. The number of rotatable bonds is 4. The Morgan fingerprint density at radius 3 is 2.95 bits per heavy atom. The fourth-order valence-corrected chi connectivity index (χ4v) is 1.78. The van der Waals surface area contributed by atoms with Crippen molar-refractivity contribution in [2.45, 2.75) is 0 Å². The molecule has 1 aromatic carbocycles. The van der Waals surface area contributed by atoms with Gasteiger partial charge in [-0.05, 0) is 24.3 Å². The second kappa shape index (κ2) is 5.86. The van der Waals surface area contributed by atoms with Crippen LogP contribution in [-0.4, -0.2) is 36.7 Å². The summed E-state index contributed by atoms with van der Waals surface area (Å²) < 4.78 is 5.47. The van der Waals surface area contributed by atoms with Crippen LogP contribution in [0.5, 0.6) is 5.75 Å². The molecule has 0 atom stereocenters. The van der Waals surface area contributed by atoms with Crippen LogP contribution in [0.1, 0.15) is 0 Å². The number of nitrogens with zero attached hydrogens (tertiary/aromatic N) is 2. The van der Waals surface area contributed by atoms with Crippen LogP contribution in [0.15, 0.2) is 30.5 Å². The second-order valence-electron chi connectivity index (χ2n) is 3.81. The van der Waals surface area contributed by atoms with Crippen molar-refractivity contribution in [1.29, 1.82) is 0 Å². The van der Waals surface area contributed by atoms with Gasteiger partial charge in [0.05, 0.1) is 12.1 Å². The highest BCUT2D eigenvalue weighted by atomic mass is 35.5. The Hall–Kier alpha value is -1.85. The van der Waals surface area contributed by atoms with Crippen molar-refractivity contribution < 1.29 is 14.4 Å². The average Bonchev–Trinajstić information content (AvgIpc) is 2.45. The monoisotopic (exact) mass is 280 g/mol. The number of likely N-dealkylation sites (N-methyl/N-ethyl adjacent to an activating group) is 1. The molecule has 6 heteroatoms. The first-order valence-electron chi connectivity index (χ1n) is 5.60. The predicted octanol–water partition coefficient (Wildman–Crippen LogP) is 2.29. The summed E-state index contributed by atoms with van der Waals surface area (Å²) in [7, 11) is 2.93. The van der Waals surface area contributed by atoms with Crippen LogP contribution >= 0.6 is 11.6 Å². The molecule has 2 rings (SSSR count). The normalized spacial score (nSPS) is 10.5. The molecule has 0 N–H and O–H groups in total. The van der Waals surface area contributed by atoms with E-state index >= 15 is 0 Å². The number of carbonyl (C=O) groups excluding carboxylic acids is 1. The van der Waals surface area contributed by atoms with E-state index in [1.807, 2.05) is 6.07 Å². The topological polar surface area (TPSA) is 51.7 Å². The van der Waals surface area contributed by atoms with Gasteiger partial charge in [-0.1, -0.05) is 11.6 Å². The van der Waals surface area contributed by atoms with Crippen LogP contribution < -0.4 is 4.74 Å². The van der Waals surface area contributed by atoms with Crippen molar-refractivity contribution in [3.05, 3.63) is 35.5 Å². The molecule has 0 saturated heterocycles. The van der Waals surface area contributed by atoms with E-state index in [9.17, 15) is 4.79 Å². The maximum atomic E-state index is 11.6. The molecule has 19 heavy (non-hydrogen) atoms. The van der Waals surface area contributed by atoms with E-state index in [1.54, 1.807) is 24.4 Å². The number of aromatic nitrogens is 1. The molecular weight excluding hydrogens is 268 g/mol. The second-order valence-corrected chi connectivity index (χ2v) is 4.21. The third kappa shape index (κ3) is 2.94. The number of pyridine rings is 1. The molecule has 0 spiro atoms. The number of ether oxygens (including phenoxy) is 1. The fourth-order valence-electron chi connectivity index (χ4n) is 1.56. The zero-order valence-corrected chi connectivity index (χ0v) is 11.3. The standard InChI is InChI=1S/C13H13ClN2O3/c1-16(18-2)12(17)8-19-11-6-5-10(14)9-4-3-7-15-13(9)11/h3-7H,8H2,1-2H3. The highest BCUT2D eigenvalue weighted by Crippen LogP contribution is 2.29. The molecule has 0 unspecified atom stereocenters. The van der Waals surface area contributed by atoms with Gasteiger partial charge < -0.3 is 4.74 Å². The smallest absolute Gasteiger partial charge is 0.283 e.